The number of amides is 1. The minimum Gasteiger partial charge on any atom is -0.477 e. The fourth-order valence-electron chi connectivity index (χ4n) is 2.26. The molecule has 2 aromatic heterocycles. The number of nitrogens with one attached hydrogen (secondary N) is 2. The lowest BCUT2D eigenvalue weighted by Gasteiger charge is -2.06. The minimum atomic E-state index is -1.06. The number of aromatic carboxylic acids is 1. The molecule has 0 unspecified atom stereocenters. The number of aromatic nitrogens is 2. The van der Waals surface area contributed by atoms with E-state index in [1.54, 1.807) is 26.2 Å². The van der Waals surface area contributed by atoms with Crippen LogP contribution in [0.15, 0.2) is 24.5 Å². The third-order valence-corrected chi connectivity index (χ3v) is 3.30. The molecule has 2 heterocycles. The van der Waals surface area contributed by atoms with E-state index in [0.29, 0.717) is 29.8 Å². The van der Waals surface area contributed by atoms with Gasteiger partial charge in [0, 0.05) is 24.6 Å². The van der Waals surface area contributed by atoms with Gasteiger partial charge in [-0.25, -0.2) is 4.79 Å². The van der Waals surface area contributed by atoms with Crippen LogP contribution in [0.2, 0.25) is 0 Å². The number of carbonyl (C=O) groups is 2. The molecule has 0 saturated carbocycles. The Morgan fingerprint density at radius 1 is 1.38 bits per heavy atom. The highest BCUT2D eigenvalue weighted by atomic mass is 16.4. The van der Waals surface area contributed by atoms with Gasteiger partial charge in [0.2, 0.25) is 0 Å². The molecule has 0 aliphatic rings. The molecule has 0 aromatic carbocycles. The Morgan fingerprint density at radius 3 is 2.71 bits per heavy atom. The molecule has 0 aliphatic heterocycles. The van der Waals surface area contributed by atoms with Crippen molar-refractivity contribution in [3.8, 4) is 0 Å². The van der Waals surface area contributed by atoms with Gasteiger partial charge in [0.1, 0.15) is 5.69 Å². The Morgan fingerprint density at radius 2 is 2.14 bits per heavy atom. The van der Waals surface area contributed by atoms with E-state index in [-0.39, 0.29) is 11.6 Å². The molecule has 110 valence electrons. The molecule has 6 nitrogen and oxygen atoms in total. The fraction of sp³-hybridized carbons (Fsp3) is 0.267. The van der Waals surface area contributed by atoms with E-state index in [0.717, 1.165) is 5.56 Å². The van der Waals surface area contributed by atoms with Crippen molar-refractivity contribution in [3.05, 3.63) is 52.6 Å². The van der Waals surface area contributed by atoms with E-state index in [4.69, 9.17) is 5.11 Å². The molecule has 6 heteroatoms. The Balaban J connectivity index is 2.02. The summed E-state index contributed by atoms with van der Waals surface area (Å²) in [6, 6.07) is 3.78. The number of carbonyl (C=O) groups excluding carboxylic acids is 1. The molecule has 0 fully saturated rings. The first kappa shape index (κ1) is 14.8. The zero-order valence-electron chi connectivity index (χ0n) is 11.9. The molecule has 2 rings (SSSR count). The summed E-state index contributed by atoms with van der Waals surface area (Å²) in [6.07, 6.45) is 4.12. The highest BCUT2D eigenvalue weighted by Gasteiger charge is 2.21. The molecule has 2 aromatic rings. The summed E-state index contributed by atoms with van der Waals surface area (Å²) < 4.78 is 0. The quantitative estimate of drug-likeness (QED) is 0.780. The number of carboxylic acid groups (broad SMARTS) is 1. The summed E-state index contributed by atoms with van der Waals surface area (Å²) in [4.78, 5) is 30.0. The molecule has 1 amide bonds. The average Bonchev–Trinajstić information content (AvgIpc) is 2.75. The number of aryl methyl sites for hydroxylation is 1. The normalized spacial score (nSPS) is 10.4. The second-order valence-corrected chi connectivity index (χ2v) is 4.80. The summed E-state index contributed by atoms with van der Waals surface area (Å²) in [5, 5.41) is 11.8. The van der Waals surface area contributed by atoms with E-state index in [1.165, 1.54) is 0 Å². The van der Waals surface area contributed by atoms with Crippen molar-refractivity contribution in [2.75, 3.05) is 6.54 Å². The molecule has 3 N–H and O–H groups in total. The van der Waals surface area contributed by atoms with Crippen LogP contribution in [0, 0.1) is 13.8 Å². The summed E-state index contributed by atoms with van der Waals surface area (Å²) in [5.41, 5.74) is 2.51. The van der Waals surface area contributed by atoms with Gasteiger partial charge < -0.3 is 15.4 Å². The van der Waals surface area contributed by atoms with Crippen LogP contribution in [0.5, 0.6) is 0 Å². The third-order valence-electron chi connectivity index (χ3n) is 3.30. The van der Waals surface area contributed by atoms with Crippen LogP contribution in [0.3, 0.4) is 0 Å². The van der Waals surface area contributed by atoms with Gasteiger partial charge in [-0.05, 0) is 37.5 Å². The predicted molar refractivity (Wildman–Crippen MR) is 77.5 cm³/mol. The minimum absolute atomic E-state index is 0.0601. The lowest BCUT2D eigenvalue weighted by atomic mass is 10.1. The van der Waals surface area contributed by atoms with E-state index in [2.05, 4.69) is 15.3 Å². The first-order valence-corrected chi connectivity index (χ1v) is 6.60. The summed E-state index contributed by atoms with van der Waals surface area (Å²) in [6.45, 7) is 3.79. The van der Waals surface area contributed by atoms with Crippen molar-refractivity contribution in [3.63, 3.8) is 0 Å². The van der Waals surface area contributed by atoms with Gasteiger partial charge in [-0.1, -0.05) is 6.07 Å². The maximum absolute atomic E-state index is 12.2. The lowest BCUT2D eigenvalue weighted by Crippen LogP contribution is -2.26. The molecule has 0 saturated heterocycles. The van der Waals surface area contributed by atoms with Crippen LogP contribution in [-0.2, 0) is 6.42 Å². The molecule has 0 aliphatic carbocycles. The standard InChI is InChI=1S/C15H17N3O3/c1-9-12(10(2)18-13(9)15(20)21)14(19)17-7-5-11-4-3-6-16-8-11/h3-4,6,8,18H,5,7H2,1-2H3,(H,17,19)(H,20,21). The van der Waals surface area contributed by atoms with E-state index < -0.39 is 5.97 Å². The van der Waals surface area contributed by atoms with Crippen molar-refractivity contribution >= 4 is 11.9 Å². The molecule has 0 radical (unpaired) electrons. The number of hydrogen-bond acceptors (Lipinski definition) is 3. The molecule has 0 bridgehead atoms. The largest absolute Gasteiger partial charge is 0.477 e. The number of nitrogens with zero attached hydrogens (tertiary/aromatic N) is 1. The lowest BCUT2D eigenvalue weighted by molar-refractivity contribution is 0.0690. The van der Waals surface area contributed by atoms with Crippen LogP contribution in [-0.4, -0.2) is 33.5 Å². The number of hydrogen-bond donors (Lipinski definition) is 3. The van der Waals surface area contributed by atoms with E-state index in [1.807, 2.05) is 12.1 Å². The van der Waals surface area contributed by atoms with Crippen molar-refractivity contribution in [1.82, 2.24) is 15.3 Å². The van der Waals surface area contributed by atoms with Gasteiger partial charge in [-0.3, -0.25) is 9.78 Å². The number of rotatable bonds is 5. The van der Waals surface area contributed by atoms with E-state index in [9.17, 15) is 9.59 Å². The molecule has 0 spiro atoms. The number of H-pyrrole nitrogens is 1. The summed E-state index contributed by atoms with van der Waals surface area (Å²) >= 11 is 0. The predicted octanol–water partition coefficient (Wildman–Crippen LogP) is 1.70. The SMILES string of the molecule is Cc1[nH]c(C(=O)O)c(C)c1C(=O)NCCc1cccnc1. The van der Waals surface area contributed by atoms with Crippen molar-refractivity contribution < 1.29 is 14.7 Å². The maximum Gasteiger partial charge on any atom is 0.352 e. The summed E-state index contributed by atoms with van der Waals surface area (Å²) in [7, 11) is 0. The Bertz CT molecular complexity index is 662. The first-order chi connectivity index (χ1) is 10.0. The topological polar surface area (TPSA) is 95.1 Å². The van der Waals surface area contributed by atoms with Gasteiger partial charge in [0.15, 0.2) is 0 Å². The Hall–Kier alpha value is -2.63. The second kappa shape index (κ2) is 6.21. The zero-order chi connectivity index (χ0) is 15.4. The average molecular weight is 287 g/mol. The van der Waals surface area contributed by atoms with Crippen LogP contribution in [0.25, 0.3) is 0 Å². The van der Waals surface area contributed by atoms with E-state index >= 15 is 0 Å². The molecule has 0 atom stereocenters. The van der Waals surface area contributed by atoms with Gasteiger partial charge in [0.25, 0.3) is 5.91 Å². The third kappa shape index (κ3) is 3.28. The smallest absolute Gasteiger partial charge is 0.352 e. The Labute approximate surface area is 122 Å². The monoisotopic (exact) mass is 287 g/mol. The number of pyridine rings is 1. The van der Waals surface area contributed by atoms with Crippen LogP contribution < -0.4 is 5.32 Å². The second-order valence-electron chi connectivity index (χ2n) is 4.80. The molecular weight excluding hydrogens is 270 g/mol. The number of aromatic amines is 1. The molecule has 21 heavy (non-hydrogen) atoms. The van der Waals surface area contributed by atoms with Crippen LogP contribution in [0.4, 0.5) is 0 Å². The Kier molecular flexibility index (Phi) is 4.37. The van der Waals surface area contributed by atoms with Gasteiger partial charge >= 0.3 is 5.97 Å². The van der Waals surface area contributed by atoms with Crippen LogP contribution in [0.1, 0.15) is 37.7 Å². The number of carboxylic acids is 1. The van der Waals surface area contributed by atoms with Gasteiger partial charge in [-0.15, -0.1) is 0 Å². The van der Waals surface area contributed by atoms with Crippen molar-refractivity contribution in [2.24, 2.45) is 0 Å². The fourth-order valence-corrected chi connectivity index (χ4v) is 2.26. The van der Waals surface area contributed by atoms with Crippen molar-refractivity contribution in [1.29, 1.82) is 0 Å². The molecular formula is C15H17N3O3. The summed E-state index contributed by atoms with van der Waals surface area (Å²) in [5.74, 6) is -1.33. The highest BCUT2D eigenvalue weighted by Crippen LogP contribution is 2.17. The van der Waals surface area contributed by atoms with Crippen molar-refractivity contribution in [2.45, 2.75) is 20.3 Å². The zero-order valence-corrected chi connectivity index (χ0v) is 11.9. The van der Waals surface area contributed by atoms with Gasteiger partial charge in [0.05, 0.1) is 5.56 Å². The maximum atomic E-state index is 12.2. The first-order valence-electron chi connectivity index (χ1n) is 6.60. The van der Waals surface area contributed by atoms with Gasteiger partial charge in [-0.2, -0.15) is 0 Å². The van der Waals surface area contributed by atoms with Crippen LogP contribution >= 0.6 is 0 Å². The highest BCUT2D eigenvalue weighted by molar-refractivity contribution is 6.00.